The maximum Gasteiger partial charge on any atom is 0.107 e. The molecule has 1 aliphatic heterocycles. The van der Waals surface area contributed by atoms with Gasteiger partial charge in [0.2, 0.25) is 0 Å². The van der Waals surface area contributed by atoms with Gasteiger partial charge in [0.1, 0.15) is 6.67 Å². The standard InChI is InChI=1S/C12H16ClFN2/c13-10-1-3-11(4-2-10)16-7-5-12(15,9-14)6-8-16/h1-4H,5-9,15H2. The van der Waals surface area contributed by atoms with E-state index in [0.29, 0.717) is 12.8 Å². The first-order valence-electron chi connectivity index (χ1n) is 5.48. The molecule has 1 fully saturated rings. The summed E-state index contributed by atoms with van der Waals surface area (Å²) in [5, 5.41) is 0.734. The van der Waals surface area contributed by atoms with E-state index in [0.717, 1.165) is 23.8 Å². The first-order valence-corrected chi connectivity index (χ1v) is 5.86. The Labute approximate surface area is 100 Å². The molecule has 1 aliphatic rings. The minimum Gasteiger partial charge on any atom is -0.371 e. The van der Waals surface area contributed by atoms with Crippen LogP contribution in [0.1, 0.15) is 12.8 Å². The summed E-state index contributed by atoms with van der Waals surface area (Å²) in [7, 11) is 0. The number of hydrogen-bond donors (Lipinski definition) is 1. The van der Waals surface area contributed by atoms with Gasteiger partial charge in [-0.15, -0.1) is 0 Å². The molecule has 4 heteroatoms. The van der Waals surface area contributed by atoms with Crippen LogP contribution in [0.3, 0.4) is 0 Å². The van der Waals surface area contributed by atoms with Gasteiger partial charge in [-0.1, -0.05) is 11.6 Å². The van der Waals surface area contributed by atoms with E-state index >= 15 is 0 Å². The van der Waals surface area contributed by atoms with Crippen LogP contribution in [0.15, 0.2) is 24.3 Å². The number of anilines is 1. The highest BCUT2D eigenvalue weighted by Crippen LogP contribution is 2.25. The lowest BCUT2D eigenvalue weighted by Gasteiger charge is -2.38. The largest absolute Gasteiger partial charge is 0.371 e. The Morgan fingerprint density at radius 2 is 1.81 bits per heavy atom. The normalized spacial score (nSPS) is 19.8. The lowest BCUT2D eigenvalue weighted by atomic mass is 9.90. The maximum absolute atomic E-state index is 12.7. The van der Waals surface area contributed by atoms with Crippen molar-refractivity contribution in [3.8, 4) is 0 Å². The van der Waals surface area contributed by atoms with E-state index in [4.69, 9.17) is 17.3 Å². The average Bonchev–Trinajstić information content (AvgIpc) is 2.32. The molecule has 0 bridgehead atoms. The fourth-order valence-corrected chi connectivity index (χ4v) is 2.12. The molecule has 0 aliphatic carbocycles. The van der Waals surface area contributed by atoms with Gasteiger partial charge in [-0.2, -0.15) is 0 Å². The van der Waals surface area contributed by atoms with Crippen molar-refractivity contribution >= 4 is 17.3 Å². The molecule has 1 aromatic rings. The Bertz CT molecular complexity index is 345. The fourth-order valence-electron chi connectivity index (χ4n) is 2.00. The van der Waals surface area contributed by atoms with Crippen LogP contribution < -0.4 is 10.6 Å². The summed E-state index contributed by atoms with van der Waals surface area (Å²) in [5.74, 6) is 0. The third-order valence-corrected chi connectivity index (χ3v) is 3.47. The molecule has 0 unspecified atom stereocenters. The Balaban J connectivity index is 2.01. The van der Waals surface area contributed by atoms with Crippen molar-refractivity contribution in [1.29, 1.82) is 0 Å². The molecule has 2 N–H and O–H groups in total. The number of hydrogen-bond acceptors (Lipinski definition) is 2. The van der Waals surface area contributed by atoms with Gasteiger partial charge in [-0.05, 0) is 37.1 Å². The Hall–Kier alpha value is -0.800. The molecule has 0 aromatic heterocycles. The molecular weight excluding hydrogens is 227 g/mol. The highest BCUT2D eigenvalue weighted by atomic mass is 35.5. The van der Waals surface area contributed by atoms with Crippen LogP contribution in [-0.4, -0.2) is 25.3 Å². The SMILES string of the molecule is NC1(CF)CCN(c2ccc(Cl)cc2)CC1. The minimum atomic E-state index is -0.608. The quantitative estimate of drug-likeness (QED) is 0.864. The Kier molecular flexibility index (Phi) is 3.36. The van der Waals surface area contributed by atoms with Gasteiger partial charge in [-0.25, -0.2) is 4.39 Å². The molecular formula is C12H16ClFN2. The van der Waals surface area contributed by atoms with Crippen LogP contribution in [0.5, 0.6) is 0 Å². The lowest BCUT2D eigenvalue weighted by Crippen LogP contribution is -2.52. The maximum atomic E-state index is 12.7. The van der Waals surface area contributed by atoms with Crippen molar-refractivity contribution < 1.29 is 4.39 Å². The second kappa shape index (κ2) is 4.60. The summed E-state index contributed by atoms with van der Waals surface area (Å²) < 4.78 is 12.7. The summed E-state index contributed by atoms with van der Waals surface area (Å²) in [6.45, 7) is 1.19. The van der Waals surface area contributed by atoms with Crippen LogP contribution >= 0.6 is 11.6 Å². The molecule has 0 saturated carbocycles. The third-order valence-electron chi connectivity index (χ3n) is 3.22. The summed E-state index contributed by atoms with van der Waals surface area (Å²) in [5.41, 5.74) is 6.42. The molecule has 0 atom stereocenters. The number of piperidine rings is 1. The highest BCUT2D eigenvalue weighted by Gasteiger charge is 2.30. The molecule has 2 nitrogen and oxygen atoms in total. The summed E-state index contributed by atoms with van der Waals surface area (Å²) in [4.78, 5) is 2.22. The smallest absolute Gasteiger partial charge is 0.107 e. The molecule has 88 valence electrons. The first-order chi connectivity index (χ1) is 7.63. The minimum absolute atomic E-state index is 0.429. The van der Waals surface area contributed by atoms with Crippen molar-refractivity contribution in [3.63, 3.8) is 0 Å². The molecule has 16 heavy (non-hydrogen) atoms. The van der Waals surface area contributed by atoms with E-state index in [1.807, 2.05) is 24.3 Å². The number of nitrogens with two attached hydrogens (primary N) is 1. The molecule has 1 aromatic carbocycles. The van der Waals surface area contributed by atoms with E-state index in [9.17, 15) is 4.39 Å². The van der Waals surface area contributed by atoms with E-state index in [1.54, 1.807) is 0 Å². The predicted molar refractivity (Wildman–Crippen MR) is 65.8 cm³/mol. The first kappa shape index (κ1) is 11.7. The third kappa shape index (κ3) is 2.47. The van der Waals surface area contributed by atoms with Crippen LogP contribution in [0.25, 0.3) is 0 Å². The number of benzene rings is 1. The highest BCUT2D eigenvalue weighted by molar-refractivity contribution is 6.30. The average molecular weight is 243 g/mol. The number of halogens is 2. The van der Waals surface area contributed by atoms with Crippen LogP contribution in [-0.2, 0) is 0 Å². The van der Waals surface area contributed by atoms with Gasteiger partial charge < -0.3 is 10.6 Å². The monoisotopic (exact) mass is 242 g/mol. The van der Waals surface area contributed by atoms with Crippen LogP contribution in [0.4, 0.5) is 10.1 Å². The second-order valence-corrected chi connectivity index (χ2v) is 4.90. The zero-order valence-corrected chi connectivity index (χ0v) is 9.88. The molecule has 2 rings (SSSR count). The van der Waals surface area contributed by atoms with Crippen molar-refractivity contribution in [2.75, 3.05) is 24.7 Å². The van der Waals surface area contributed by atoms with Crippen LogP contribution in [0, 0.1) is 0 Å². The molecule has 1 saturated heterocycles. The van der Waals surface area contributed by atoms with Crippen molar-refractivity contribution in [1.82, 2.24) is 0 Å². The zero-order valence-electron chi connectivity index (χ0n) is 9.13. The van der Waals surface area contributed by atoms with Crippen molar-refractivity contribution in [2.45, 2.75) is 18.4 Å². The number of nitrogens with zero attached hydrogens (tertiary/aromatic N) is 1. The Morgan fingerprint density at radius 3 is 2.31 bits per heavy atom. The van der Waals surface area contributed by atoms with Gasteiger partial charge in [0, 0.05) is 29.3 Å². The van der Waals surface area contributed by atoms with Gasteiger partial charge >= 0.3 is 0 Å². The van der Waals surface area contributed by atoms with Crippen molar-refractivity contribution in [2.24, 2.45) is 5.73 Å². The molecule has 0 amide bonds. The van der Waals surface area contributed by atoms with E-state index in [1.165, 1.54) is 0 Å². The van der Waals surface area contributed by atoms with E-state index in [-0.39, 0.29) is 0 Å². The van der Waals surface area contributed by atoms with Gasteiger partial charge in [0.15, 0.2) is 0 Å². The van der Waals surface area contributed by atoms with E-state index < -0.39 is 12.2 Å². The van der Waals surface area contributed by atoms with Gasteiger partial charge in [0.05, 0.1) is 0 Å². The summed E-state index contributed by atoms with van der Waals surface area (Å²) >= 11 is 5.83. The lowest BCUT2D eigenvalue weighted by molar-refractivity contribution is 0.255. The topological polar surface area (TPSA) is 29.3 Å². The molecule has 1 heterocycles. The molecule has 0 spiro atoms. The van der Waals surface area contributed by atoms with Gasteiger partial charge in [0.25, 0.3) is 0 Å². The van der Waals surface area contributed by atoms with Gasteiger partial charge in [-0.3, -0.25) is 0 Å². The predicted octanol–water partition coefficient (Wildman–Crippen LogP) is 2.61. The Morgan fingerprint density at radius 1 is 1.25 bits per heavy atom. The fraction of sp³-hybridized carbons (Fsp3) is 0.500. The summed E-state index contributed by atoms with van der Waals surface area (Å²) in [6, 6.07) is 7.72. The second-order valence-electron chi connectivity index (χ2n) is 4.46. The van der Waals surface area contributed by atoms with E-state index in [2.05, 4.69) is 4.90 Å². The number of rotatable bonds is 2. The summed E-state index contributed by atoms with van der Waals surface area (Å²) in [6.07, 6.45) is 1.40. The molecule has 0 radical (unpaired) electrons. The zero-order chi connectivity index (χ0) is 11.6. The van der Waals surface area contributed by atoms with Crippen molar-refractivity contribution in [3.05, 3.63) is 29.3 Å². The number of alkyl halides is 1. The van der Waals surface area contributed by atoms with Crippen LogP contribution in [0.2, 0.25) is 5.02 Å².